The van der Waals surface area contributed by atoms with E-state index in [2.05, 4.69) is 47.3 Å². The molecule has 272 valence electrons. The minimum atomic E-state index is -0.675. The number of hydrogen-bond acceptors (Lipinski definition) is 8. The van der Waals surface area contributed by atoms with Crippen molar-refractivity contribution < 1.29 is 19.0 Å². The molecule has 0 radical (unpaired) electrons. The molecular formula is C39H56FN7O3. The Bertz CT molecular complexity index is 1610. The number of likely N-dealkylation sites (tertiary alicyclic amines) is 1. The molecule has 1 aromatic carbocycles. The maximum atomic E-state index is 14.5. The van der Waals surface area contributed by atoms with E-state index in [4.69, 9.17) is 14.7 Å². The number of fused-ring (bicyclic) bond motifs is 1. The van der Waals surface area contributed by atoms with Crippen LogP contribution in [-0.4, -0.2) is 82.2 Å². The SMILES string of the molecule is CC[C@H](C1CCC(C(=O)O)CC1)N(C)c1nc2c(c(N[C@@H](CN3CCC[C@H](COC)C3)c3cnn(C)c3)n1)C[C@](C)(c1cccc(F)c1)CC2. The van der Waals surface area contributed by atoms with Crippen molar-refractivity contribution in [2.24, 2.45) is 24.8 Å². The predicted octanol–water partition coefficient (Wildman–Crippen LogP) is 6.41. The highest BCUT2D eigenvalue weighted by molar-refractivity contribution is 5.70. The molecule has 4 atom stereocenters. The van der Waals surface area contributed by atoms with Crippen molar-refractivity contribution in [3.8, 4) is 0 Å². The Balaban J connectivity index is 1.35. The van der Waals surface area contributed by atoms with Crippen LogP contribution in [0, 0.1) is 23.6 Å². The number of piperidine rings is 1. The molecule has 3 aromatic rings. The van der Waals surface area contributed by atoms with E-state index in [1.165, 1.54) is 12.5 Å². The molecule has 0 spiro atoms. The number of aryl methyl sites for hydroxylation is 2. The predicted molar refractivity (Wildman–Crippen MR) is 194 cm³/mol. The van der Waals surface area contributed by atoms with Crippen LogP contribution in [0.25, 0.3) is 0 Å². The summed E-state index contributed by atoms with van der Waals surface area (Å²) in [6.07, 6.45) is 12.8. The van der Waals surface area contributed by atoms with Gasteiger partial charge in [0.1, 0.15) is 11.6 Å². The van der Waals surface area contributed by atoms with E-state index in [1.54, 1.807) is 13.2 Å². The summed E-state index contributed by atoms with van der Waals surface area (Å²) >= 11 is 0. The van der Waals surface area contributed by atoms with Crippen LogP contribution in [0.4, 0.5) is 16.2 Å². The van der Waals surface area contributed by atoms with Gasteiger partial charge < -0.3 is 25.0 Å². The van der Waals surface area contributed by atoms with Gasteiger partial charge in [0.15, 0.2) is 0 Å². The summed E-state index contributed by atoms with van der Waals surface area (Å²) in [7, 11) is 5.84. The Labute approximate surface area is 296 Å². The van der Waals surface area contributed by atoms with Gasteiger partial charge in [0, 0.05) is 57.7 Å². The van der Waals surface area contributed by atoms with Gasteiger partial charge in [-0.05, 0) is 106 Å². The van der Waals surface area contributed by atoms with Crippen LogP contribution in [0.1, 0.15) is 93.6 Å². The van der Waals surface area contributed by atoms with Crippen LogP contribution in [-0.2, 0) is 34.8 Å². The van der Waals surface area contributed by atoms with Crippen LogP contribution in [0.2, 0.25) is 0 Å². The molecule has 2 aliphatic carbocycles. The third-order valence-corrected chi connectivity index (χ3v) is 11.9. The molecule has 6 rings (SSSR count). The lowest BCUT2D eigenvalue weighted by molar-refractivity contribution is -0.143. The zero-order valence-electron chi connectivity index (χ0n) is 30.6. The van der Waals surface area contributed by atoms with Crippen molar-refractivity contribution in [3.63, 3.8) is 0 Å². The highest BCUT2D eigenvalue weighted by Gasteiger charge is 2.37. The Morgan fingerprint density at radius 1 is 1.22 bits per heavy atom. The van der Waals surface area contributed by atoms with Crippen LogP contribution >= 0.6 is 0 Å². The average Bonchev–Trinajstić information content (AvgIpc) is 3.55. The monoisotopic (exact) mass is 689 g/mol. The first-order chi connectivity index (χ1) is 24.1. The average molecular weight is 690 g/mol. The Kier molecular flexibility index (Phi) is 11.4. The number of hydrogen-bond donors (Lipinski definition) is 2. The summed E-state index contributed by atoms with van der Waals surface area (Å²) in [4.78, 5) is 27.1. The number of halogens is 1. The van der Waals surface area contributed by atoms with Gasteiger partial charge in [0.25, 0.3) is 0 Å². The number of methoxy groups -OCH3 is 1. The second-order valence-corrected chi connectivity index (χ2v) is 15.4. The third-order valence-electron chi connectivity index (χ3n) is 11.9. The second-order valence-electron chi connectivity index (χ2n) is 15.4. The van der Waals surface area contributed by atoms with E-state index >= 15 is 0 Å². The van der Waals surface area contributed by atoms with E-state index in [-0.39, 0.29) is 29.2 Å². The number of nitrogens with one attached hydrogen (secondary N) is 1. The first-order valence-corrected chi connectivity index (χ1v) is 18.6. The van der Waals surface area contributed by atoms with Gasteiger partial charge in [-0.25, -0.2) is 9.37 Å². The minimum Gasteiger partial charge on any atom is -0.481 e. The molecule has 1 aliphatic heterocycles. The van der Waals surface area contributed by atoms with Crippen molar-refractivity contribution in [1.82, 2.24) is 24.6 Å². The van der Waals surface area contributed by atoms with Gasteiger partial charge in [0.05, 0.1) is 30.5 Å². The van der Waals surface area contributed by atoms with E-state index in [1.807, 2.05) is 30.1 Å². The standard InChI is InChI=1S/C39H56FN7O3/c1-6-35(27-12-14-28(15-13-27)37(48)49)46(4)38-43-33-16-17-39(2,30-10-7-11-31(40)19-30)20-32(33)36(44-38)42-34(29-21-41-45(3)23-29)24-47-18-8-9-26(22-47)25-50-5/h7,10-11,19,21,23,26-28,34-35H,6,8-9,12-18,20,22,24-25H2,1-5H3,(H,48,49)(H,42,43,44)/t26-,27?,28?,34-,35+,39+/m0/s1. The topological polar surface area (TPSA) is 109 Å². The first kappa shape index (κ1) is 36.2. The van der Waals surface area contributed by atoms with Gasteiger partial charge in [0.2, 0.25) is 5.95 Å². The number of aromatic nitrogens is 4. The molecule has 50 heavy (non-hydrogen) atoms. The fourth-order valence-electron chi connectivity index (χ4n) is 8.96. The molecule has 2 aromatic heterocycles. The molecule has 11 heteroatoms. The normalized spacial score (nSPS) is 25.4. The fourth-order valence-corrected chi connectivity index (χ4v) is 8.96. The lowest BCUT2D eigenvalue weighted by Crippen LogP contribution is -2.42. The molecule has 3 heterocycles. The largest absolute Gasteiger partial charge is 0.481 e. The van der Waals surface area contributed by atoms with Gasteiger partial charge >= 0.3 is 5.97 Å². The first-order valence-electron chi connectivity index (χ1n) is 18.6. The number of carboxylic acids is 1. The third kappa shape index (κ3) is 8.15. The van der Waals surface area contributed by atoms with Crippen molar-refractivity contribution in [1.29, 1.82) is 0 Å². The molecule has 3 aliphatic rings. The maximum Gasteiger partial charge on any atom is 0.306 e. The number of ether oxygens (including phenoxy) is 1. The van der Waals surface area contributed by atoms with Gasteiger partial charge in [-0.2, -0.15) is 10.1 Å². The molecule has 10 nitrogen and oxygen atoms in total. The van der Waals surface area contributed by atoms with Gasteiger partial charge in [-0.15, -0.1) is 0 Å². The van der Waals surface area contributed by atoms with Gasteiger partial charge in [-0.1, -0.05) is 26.0 Å². The zero-order valence-corrected chi connectivity index (χ0v) is 30.6. The number of carboxylic acid groups (broad SMARTS) is 1. The maximum absolute atomic E-state index is 14.5. The smallest absolute Gasteiger partial charge is 0.306 e. The molecule has 0 amide bonds. The lowest BCUT2D eigenvalue weighted by atomic mass is 9.70. The van der Waals surface area contributed by atoms with E-state index in [0.717, 1.165) is 106 Å². The number of benzene rings is 1. The van der Waals surface area contributed by atoms with E-state index in [9.17, 15) is 14.3 Å². The van der Waals surface area contributed by atoms with E-state index in [0.29, 0.717) is 24.2 Å². The molecule has 0 unspecified atom stereocenters. The zero-order chi connectivity index (χ0) is 35.4. The number of carbonyl (C=O) groups is 1. The summed E-state index contributed by atoms with van der Waals surface area (Å²) < 4.78 is 21.9. The summed E-state index contributed by atoms with van der Waals surface area (Å²) in [6, 6.07) is 7.19. The minimum absolute atomic E-state index is 0.0576. The van der Waals surface area contributed by atoms with Gasteiger partial charge in [-0.3, -0.25) is 9.48 Å². The number of nitrogens with zero attached hydrogens (tertiary/aromatic N) is 6. The van der Waals surface area contributed by atoms with Crippen molar-refractivity contribution in [3.05, 3.63) is 64.9 Å². The lowest BCUT2D eigenvalue weighted by Gasteiger charge is -2.40. The molecule has 0 bridgehead atoms. The quantitative estimate of drug-likeness (QED) is 0.210. The van der Waals surface area contributed by atoms with E-state index < -0.39 is 5.97 Å². The summed E-state index contributed by atoms with van der Waals surface area (Å²) in [5, 5.41) is 18.1. The highest BCUT2D eigenvalue weighted by atomic mass is 19.1. The van der Waals surface area contributed by atoms with Crippen LogP contribution in [0.15, 0.2) is 36.7 Å². The molecule has 1 saturated heterocycles. The fraction of sp³-hybridized carbons (Fsp3) is 0.641. The Hall–Kier alpha value is -3.57. The molecule has 2 N–H and O–H groups in total. The van der Waals surface area contributed by atoms with Crippen molar-refractivity contribution in [2.75, 3.05) is 50.6 Å². The van der Waals surface area contributed by atoms with Crippen molar-refractivity contribution in [2.45, 2.75) is 95.6 Å². The molecular weight excluding hydrogens is 633 g/mol. The number of aliphatic carboxylic acids is 1. The number of anilines is 2. The Morgan fingerprint density at radius 3 is 2.70 bits per heavy atom. The summed E-state index contributed by atoms with van der Waals surface area (Å²) in [6.45, 7) is 8.04. The Morgan fingerprint density at radius 2 is 2.02 bits per heavy atom. The summed E-state index contributed by atoms with van der Waals surface area (Å²) in [5.41, 5.74) is 3.99. The molecule has 2 fully saturated rings. The second kappa shape index (κ2) is 15.8. The summed E-state index contributed by atoms with van der Waals surface area (Å²) in [5.74, 6) is 1.30. The highest BCUT2D eigenvalue weighted by Crippen LogP contribution is 2.42. The van der Waals surface area contributed by atoms with Crippen LogP contribution in [0.5, 0.6) is 0 Å². The van der Waals surface area contributed by atoms with Crippen molar-refractivity contribution >= 4 is 17.7 Å². The van der Waals surface area contributed by atoms with Crippen LogP contribution in [0.3, 0.4) is 0 Å². The van der Waals surface area contributed by atoms with Crippen LogP contribution < -0.4 is 10.2 Å². The molecule has 1 saturated carbocycles. The number of rotatable bonds is 13.